The molecule has 0 saturated heterocycles. The Bertz CT molecular complexity index is 1350. The van der Waals surface area contributed by atoms with Crippen LogP contribution in [-0.2, 0) is 11.3 Å². The fourth-order valence-corrected chi connectivity index (χ4v) is 4.15. The summed E-state index contributed by atoms with van der Waals surface area (Å²) in [6.07, 6.45) is 3.71. The molecule has 2 heterocycles. The normalized spacial score (nSPS) is 11.0. The van der Waals surface area contributed by atoms with E-state index in [-0.39, 0.29) is 18.6 Å². The summed E-state index contributed by atoms with van der Waals surface area (Å²) in [5, 5.41) is 20.1. The Morgan fingerprint density at radius 2 is 1.88 bits per heavy atom. The molecule has 0 aliphatic heterocycles. The monoisotopic (exact) mass is 478 g/mol. The van der Waals surface area contributed by atoms with Crippen LogP contribution < -0.4 is 4.74 Å². The topological polar surface area (TPSA) is 102 Å². The van der Waals surface area contributed by atoms with Crippen molar-refractivity contribution in [3.63, 3.8) is 0 Å². The molecule has 8 heteroatoms. The standard InChI is InChI=1S/C26H23ClN2O5/c1-16-25(26(32)33)21-13-23(34-11-3-5-24(30)31)20(18-4-2-10-28-14-18)12-22(21)29(16)15-17-6-8-19(27)9-7-17/h2,4,6-10,12-14H,3,5,11,15H2,1H3,(H,30,31)(H,32,33). The minimum absolute atomic E-state index is 0.0125. The number of nitrogens with zero attached hydrogens (tertiary/aromatic N) is 2. The molecule has 0 bridgehead atoms. The third kappa shape index (κ3) is 4.89. The Balaban J connectivity index is 1.86. The number of aliphatic carboxylic acids is 1. The van der Waals surface area contributed by atoms with Crippen molar-refractivity contribution < 1.29 is 24.5 Å². The molecule has 0 saturated carbocycles. The summed E-state index contributed by atoms with van der Waals surface area (Å²) in [6.45, 7) is 2.45. The van der Waals surface area contributed by atoms with E-state index >= 15 is 0 Å². The molecular formula is C26H23ClN2O5. The number of aromatic carboxylic acids is 1. The highest BCUT2D eigenvalue weighted by Gasteiger charge is 2.22. The van der Waals surface area contributed by atoms with Gasteiger partial charge in [-0.3, -0.25) is 9.78 Å². The van der Waals surface area contributed by atoms with E-state index in [1.54, 1.807) is 37.5 Å². The fourth-order valence-electron chi connectivity index (χ4n) is 4.02. The number of ether oxygens (including phenoxy) is 1. The van der Waals surface area contributed by atoms with Gasteiger partial charge in [-0.25, -0.2) is 4.79 Å². The van der Waals surface area contributed by atoms with Crippen molar-refractivity contribution >= 4 is 34.4 Å². The van der Waals surface area contributed by atoms with Gasteiger partial charge in [-0.1, -0.05) is 29.8 Å². The average Bonchev–Trinajstić information content (AvgIpc) is 3.08. The molecule has 0 atom stereocenters. The van der Waals surface area contributed by atoms with Gasteiger partial charge in [0, 0.05) is 52.6 Å². The van der Waals surface area contributed by atoms with Crippen LogP contribution in [-0.4, -0.2) is 38.3 Å². The maximum atomic E-state index is 12.2. The van der Waals surface area contributed by atoms with Gasteiger partial charge >= 0.3 is 11.9 Å². The zero-order valence-corrected chi connectivity index (χ0v) is 19.2. The quantitative estimate of drug-likeness (QED) is 0.301. The molecule has 0 fully saturated rings. The number of carboxylic acids is 2. The van der Waals surface area contributed by atoms with Crippen molar-refractivity contribution in [3.05, 3.63) is 82.8 Å². The number of aromatic nitrogens is 2. The number of carbonyl (C=O) groups is 2. The largest absolute Gasteiger partial charge is 0.493 e. The summed E-state index contributed by atoms with van der Waals surface area (Å²) >= 11 is 6.03. The van der Waals surface area contributed by atoms with E-state index in [1.165, 1.54) is 0 Å². The molecule has 0 spiro atoms. The van der Waals surface area contributed by atoms with Crippen molar-refractivity contribution in [2.45, 2.75) is 26.3 Å². The lowest BCUT2D eigenvalue weighted by atomic mass is 10.0. The second-order valence-electron chi connectivity index (χ2n) is 7.93. The minimum Gasteiger partial charge on any atom is -0.493 e. The molecule has 0 aliphatic carbocycles. The lowest BCUT2D eigenvalue weighted by Crippen LogP contribution is -2.04. The number of hydrogen-bond donors (Lipinski definition) is 2. The van der Waals surface area contributed by atoms with Gasteiger partial charge in [0.15, 0.2) is 0 Å². The molecule has 2 aromatic carbocycles. The van der Waals surface area contributed by atoms with Crippen LogP contribution in [0, 0.1) is 6.92 Å². The van der Waals surface area contributed by atoms with Crippen LogP contribution in [0.2, 0.25) is 5.02 Å². The number of hydrogen-bond acceptors (Lipinski definition) is 4. The Kier molecular flexibility index (Phi) is 6.84. The van der Waals surface area contributed by atoms with E-state index in [2.05, 4.69) is 4.98 Å². The van der Waals surface area contributed by atoms with E-state index in [4.69, 9.17) is 21.4 Å². The molecule has 4 rings (SSSR count). The summed E-state index contributed by atoms with van der Waals surface area (Å²) < 4.78 is 7.93. The molecule has 0 amide bonds. The molecule has 0 unspecified atom stereocenters. The van der Waals surface area contributed by atoms with Gasteiger partial charge in [-0.2, -0.15) is 0 Å². The van der Waals surface area contributed by atoms with Gasteiger partial charge in [0.1, 0.15) is 5.75 Å². The molecule has 2 N–H and O–H groups in total. The smallest absolute Gasteiger partial charge is 0.338 e. The van der Waals surface area contributed by atoms with Crippen LogP contribution in [0.1, 0.15) is 34.5 Å². The predicted molar refractivity (Wildman–Crippen MR) is 130 cm³/mol. The van der Waals surface area contributed by atoms with Gasteiger partial charge in [0.2, 0.25) is 0 Å². The van der Waals surface area contributed by atoms with Crippen molar-refractivity contribution in [2.75, 3.05) is 6.61 Å². The number of rotatable bonds is 9. The highest BCUT2D eigenvalue weighted by atomic mass is 35.5. The second kappa shape index (κ2) is 9.97. The van der Waals surface area contributed by atoms with Crippen LogP contribution in [0.25, 0.3) is 22.0 Å². The highest BCUT2D eigenvalue weighted by Crippen LogP contribution is 2.38. The van der Waals surface area contributed by atoms with E-state index < -0.39 is 11.9 Å². The Labute approximate surface area is 201 Å². The maximum absolute atomic E-state index is 12.2. The third-order valence-corrected chi connectivity index (χ3v) is 5.91. The molecule has 34 heavy (non-hydrogen) atoms. The minimum atomic E-state index is -1.02. The Hall–Kier alpha value is -3.84. The summed E-state index contributed by atoms with van der Waals surface area (Å²) in [6, 6.07) is 14.8. The lowest BCUT2D eigenvalue weighted by Gasteiger charge is -2.14. The van der Waals surface area contributed by atoms with Crippen molar-refractivity contribution in [1.29, 1.82) is 0 Å². The van der Waals surface area contributed by atoms with E-state index in [0.717, 1.165) is 22.2 Å². The van der Waals surface area contributed by atoms with Crippen LogP contribution in [0.15, 0.2) is 60.9 Å². The molecule has 174 valence electrons. The molecule has 0 radical (unpaired) electrons. The van der Waals surface area contributed by atoms with E-state index in [1.807, 2.05) is 34.9 Å². The summed E-state index contributed by atoms with van der Waals surface area (Å²) in [7, 11) is 0. The van der Waals surface area contributed by atoms with Crippen LogP contribution >= 0.6 is 11.6 Å². The average molecular weight is 479 g/mol. The van der Waals surface area contributed by atoms with Crippen LogP contribution in [0.3, 0.4) is 0 Å². The first-order valence-electron chi connectivity index (χ1n) is 10.7. The van der Waals surface area contributed by atoms with E-state index in [0.29, 0.717) is 34.8 Å². The summed E-state index contributed by atoms with van der Waals surface area (Å²) in [5.74, 6) is -1.44. The maximum Gasteiger partial charge on any atom is 0.338 e. The molecule has 0 aliphatic rings. The predicted octanol–water partition coefficient (Wildman–Crippen LogP) is 5.66. The van der Waals surface area contributed by atoms with Crippen LogP contribution in [0.5, 0.6) is 5.75 Å². The third-order valence-electron chi connectivity index (χ3n) is 5.66. The zero-order chi connectivity index (χ0) is 24.2. The number of benzene rings is 2. The van der Waals surface area contributed by atoms with Crippen molar-refractivity contribution in [1.82, 2.24) is 9.55 Å². The lowest BCUT2D eigenvalue weighted by molar-refractivity contribution is -0.137. The first-order chi connectivity index (χ1) is 16.3. The number of halogens is 1. The van der Waals surface area contributed by atoms with Crippen molar-refractivity contribution in [3.8, 4) is 16.9 Å². The zero-order valence-electron chi connectivity index (χ0n) is 18.5. The molecule has 4 aromatic rings. The van der Waals surface area contributed by atoms with E-state index in [9.17, 15) is 14.7 Å². The molecule has 2 aromatic heterocycles. The molecule has 7 nitrogen and oxygen atoms in total. The van der Waals surface area contributed by atoms with Gasteiger partial charge < -0.3 is 19.5 Å². The SMILES string of the molecule is Cc1c(C(=O)O)c2cc(OCCCC(=O)O)c(-c3cccnc3)cc2n1Cc1ccc(Cl)cc1. The van der Waals surface area contributed by atoms with Gasteiger partial charge in [-0.15, -0.1) is 0 Å². The fraction of sp³-hybridized carbons (Fsp3) is 0.192. The summed E-state index contributed by atoms with van der Waals surface area (Å²) in [5.41, 5.74) is 4.13. The van der Waals surface area contributed by atoms with Crippen molar-refractivity contribution in [2.24, 2.45) is 0 Å². The summed E-state index contributed by atoms with van der Waals surface area (Å²) in [4.78, 5) is 27.3. The first kappa shape index (κ1) is 23.3. The Morgan fingerprint density at radius 1 is 1.12 bits per heavy atom. The second-order valence-corrected chi connectivity index (χ2v) is 8.37. The Morgan fingerprint density at radius 3 is 2.53 bits per heavy atom. The number of carboxylic acid groups (broad SMARTS) is 2. The van der Waals surface area contributed by atoms with Gasteiger partial charge in [0.05, 0.1) is 17.7 Å². The first-order valence-corrected chi connectivity index (χ1v) is 11.1. The number of fused-ring (bicyclic) bond motifs is 1. The van der Waals surface area contributed by atoms with Gasteiger partial charge in [0.25, 0.3) is 0 Å². The highest BCUT2D eigenvalue weighted by molar-refractivity contribution is 6.30. The van der Waals surface area contributed by atoms with Gasteiger partial charge in [-0.05, 0) is 49.2 Å². The number of pyridine rings is 1. The van der Waals surface area contributed by atoms with Crippen LogP contribution in [0.4, 0.5) is 0 Å². The molecular weight excluding hydrogens is 456 g/mol.